The molecule has 0 aliphatic carbocycles. The molecule has 0 heterocycles. The minimum Gasteiger partial charge on any atom is -0.467 e. The number of hydrogen-bond acceptors (Lipinski definition) is 3. The van der Waals surface area contributed by atoms with Gasteiger partial charge >= 0.3 is 0 Å². The first kappa shape index (κ1) is 22.0. The van der Waals surface area contributed by atoms with Crippen molar-refractivity contribution in [3.63, 3.8) is 0 Å². The summed E-state index contributed by atoms with van der Waals surface area (Å²) in [5.41, 5.74) is 0.751. The first-order valence-corrected chi connectivity index (χ1v) is 17.2. The molecule has 0 radical (unpaired) electrons. The van der Waals surface area contributed by atoms with Crippen LogP contribution in [-0.2, 0) is 4.74 Å². The Labute approximate surface area is 167 Å². The molecular weight excluding hydrogens is 387 g/mol. The molecular formula is C21H31O3PSi2. The number of rotatable bonds is 8. The van der Waals surface area contributed by atoms with Gasteiger partial charge in [0.2, 0.25) is 0 Å². The SMILES string of the molecule is COCOc1c(Pc2ccccc2C=O)cc([Si](C)(C)C)cc1[Si](C)(C)C. The van der Waals surface area contributed by atoms with Crippen LogP contribution in [0.4, 0.5) is 0 Å². The van der Waals surface area contributed by atoms with Gasteiger partial charge in [-0.25, -0.2) is 0 Å². The molecule has 146 valence electrons. The normalized spacial score (nSPS) is 12.6. The quantitative estimate of drug-likeness (QED) is 0.286. The van der Waals surface area contributed by atoms with Crippen LogP contribution in [0.25, 0.3) is 0 Å². The lowest BCUT2D eigenvalue weighted by atomic mass is 10.2. The van der Waals surface area contributed by atoms with Gasteiger partial charge in [0.25, 0.3) is 0 Å². The number of benzene rings is 2. The molecule has 6 heteroatoms. The minimum absolute atomic E-state index is 0.233. The predicted molar refractivity (Wildman–Crippen MR) is 124 cm³/mol. The summed E-state index contributed by atoms with van der Waals surface area (Å²) in [5.74, 6) is 0.956. The van der Waals surface area contributed by atoms with E-state index in [-0.39, 0.29) is 6.79 Å². The van der Waals surface area contributed by atoms with E-state index in [1.807, 2.05) is 24.3 Å². The molecule has 0 aliphatic heterocycles. The van der Waals surface area contributed by atoms with Gasteiger partial charge in [-0.05, 0) is 10.5 Å². The Morgan fingerprint density at radius 1 is 0.963 bits per heavy atom. The van der Waals surface area contributed by atoms with Gasteiger partial charge in [-0.3, -0.25) is 4.79 Å². The van der Waals surface area contributed by atoms with Gasteiger partial charge in [-0.1, -0.05) is 89.4 Å². The number of methoxy groups -OCH3 is 1. The van der Waals surface area contributed by atoms with Crippen molar-refractivity contribution in [2.24, 2.45) is 0 Å². The van der Waals surface area contributed by atoms with E-state index in [9.17, 15) is 4.79 Å². The standard InChI is InChI=1S/C21H31O3PSi2/c1-23-15-24-21-19(25-18-11-9-8-10-16(18)14-22)12-17(26(2,3)4)13-20(21)27(5,6)7/h8-14,25H,15H2,1-7H3. The van der Waals surface area contributed by atoms with E-state index < -0.39 is 16.1 Å². The van der Waals surface area contributed by atoms with Crippen LogP contribution in [0.2, 0.25) is 39.3 Å². The first-order chi connectivity index (χ1) is 12.6. The largest absolute Gasteiger partial charge is 0.467 e. The first-order valence-electron chi connectivity index (χ1n) is 9.20. The van der Waals surface area contributed by atoms with Crippen molar-refractivity contribution in [2.45, 2.75) is 39.3 Å². The van der Waals surface area contributed by atoms with Gasteiger partial charge in [-0.2, -0.15) is 0 Å². The Kier molecular flexibility index (Phi) is 7.20. The van der Waals surface area contributed by atoms with Crippen LogP contribution in [0.5, 0.6) is 5.75 Å². The lowest BCUT2D eigenvalue weighted by molar-refractivity contribution is 0.0526. The van der Waals surface area contributed by atoms with Gasteiger partial charge < -0.3 is 9.47 Å². The summed E-state index contributed by atoms with van der Waals surface area (Å²) in [4.78, 5) is 11.5. The van der Waals surface area contributed by atoms with E-state index in [2.05, 4.69) is 51.4 Å². The molecule has 27 heavy (non-hydrogen) atoms. The summed E-state index contributed by atoms with van der Waals surface area (Å²) in [6.45, 7) is 14.4. The third-order valence-corrected chi connectivity index (χ3v) is 9.81. The molecule has 0 saturated heterocycles. The summed E-state index contributed by atoms with van der Waals surface area (Å²) in [7, 11) is -1.11. The molecule has 2 aromatic carbocycles. The van der Waals surface area contributed by atoms with Gasteiger partial charge in [0.15, 0.2) is 13.1 Å². The van der Waals surface area contributed by atoms with Crippen molar-refractivity contribution in [3.8, 4) is 5.75 Å². The van der Waals surface area contributed by atoms with Crippen molar-refractivity contribution in [2.75, 3.05) is 13.9 Å². The zero-order valence-corrected chi connectivity index (χ0v) is 20.5. The van der Waals surface area contributed by atoms with Crippen molar-refractivity contribution < 1.29 is 14.3 Å². The number of hydrogen-bond donors (Lipinski definition) is 0. The average molecular weight is 419 g/mol. The number of carbonyl (C=O) groups excluding carboxylic acids is 1. The third-order valence-electron chi connectivity index (χ3n) is 4.44. The molecule has 0 spiro atoms. The van der Waals surface area contributed by atoms with Crippen LogP contribution < -0.4 is 25.7 Å². The van der Waals surface area contributed by atoms with Crippen LogP contribution in [0.1, 0.15) is 10.4 Å². The topological polar surface area (TPSA) is 35.5 Å². The summed E-state index contributed by atoms with van der Waals surface area (Å²) < 4.78 is 11.3. The zero-order valence-electron chi connectivity index (χ0n) is 17.5. The van der Waals surface area contributed by atoms with E-state index in [0.717, 1.165) is 22.9 Å². The molecule has 0 N–H and O–H groups in total. The summed E-state index contributed by atoms with van der Waals surface area (Å²) in [6.07, 6.45) is 0.944. The molecule has 0 aliphatic rings. The van der Waals surface area contributed by atoms with Crippen molar-refractivity contribution in [1.29, 1.82) is 0 Å². The molecule has 0 bridgehead atoms. The zero-order chi connectivity index (χ0) is 20.2. The molecule has 1 atom stereocenters. The number of carbonyl (C=O) groups is 1. The summed E-state index contributed by atoms with van der Waals surface area (Å²) in [6, 6.07) is 12.5. The smallest absolute Gasteiger partial charge is 0.188 e. The molecule has 3 nitrogen and oxygen atoms in total. The van der Waals surface area contributed by atoms with Gasteiger partial charge in [0.05, 0.1) is 16.1 Å². The van der Waals surface area contributed by atoms with Crippen molar-refractivity contribution in [1.82, 2.24) is 0 Å². The Balaban J connectivity index is 2.69. The Hall–Kier alpha value is -1.27. The monoisotopic (exact) mass is 418 g/mol. The summed E-state index contributed by atoms with van der Waals surface area (Å²) in [5, 5.41) is 5.02. The van der Waals surface area contributed by atoms with Gasteiger partial charge in [0.1, 0.15) is 5.75 Å². The fourth-order valence-electron chi connectivity index (χ4n) is 2.84. The van der Waals surface area contributed by atoms with Crippen LogP contribution in [-0.4, -0.2) is 36.3 Å². The third kappa shape index (κ3) is 5.61. The second-order valence-electron chi connectivity index (χ2n) is 8.78. The Morgan fingerprint density at radius 3 is 2.19 bits per heavy atom. The van der Waals surface area contributed by atoms with Crippen LogP contribution in [0.15, 0.2) is 36.4 Å². The number of aldehydes is 1. The highest BCUT2D eigenvalue weighted by Crippen LogP contribution is 2.22. The molecule has 0 saturated carbocycles. The average Bonchev–Trinajstić information content (AvgIpc) is 2.58. The van der Waals surface area contributed by atoms with Crippen LogP contribution in [0.3, 0.4) is 0 Å². The van der Waals surface area contributed by atoms with Gasteiger partial charge in [0, 0.05) is 18.0 Å². The Morgan fingerprint density at radius 2 is 1.63 bits per heavy atom. The fourth-order valence-corrected chi connectivity index (χ4v) is 7.19. The molecule has 2 aromatic rings. The lowest BCUT2D eigenvalue weighted by Crippen LogP contribution is -2.48. The summed E-state index contributed by atoms with van der Waals surface area (Å²) >= 11 is 0. The number of ether oxygens (including phenoxy) is 2. The van der Waals surface area contributed by atoms with Crippen LogP contribution in [0, 0.1) is 0 Å². The van der Waals surface area contributed by atoms with E-state index in [4.69, 9.17) is 9.47 Å². The maximum atomic E-state index is 11.5. The van der Waals surface area contributed by atoms with E-state index >= 15 is 0 Å². The second kappa shape index (κ2) is 8.82. The van der Waals surface area contributed by atoms with Gasteiger partial charge in [-0.15, -0.1) is 0 Å². The fraction of sp³-hybridized carbons (Fsp3) is 0.381. The molecule has 0 amide bonds. The Bertz CT molecular complexity index is 808. The lowest BCUT2D eigenvalue weighted by Gasteiger charge is -2.28. The second-order valence-corrected chi connectivity index (χ2v) is 20.2. The molecule has 1 unspecified atom stereocenters. The maximum absolute atomic E-state index is 11.5. The van der Waals surface area contributed by atoms with Crippen molar-refractivity contribution in [3.05, 3.63) is 42.0 Å². The maximum Gasteiger partial charge on any atom is 0.188 e. The van der Waals surface area contributed by atoms with E-state index in [1.54, 1.807) is 7.11 Å². The minimum atomic E-state index is -1.63. The molecule has 0 aromatic heterocycles. The van der Waals surface area contributed by atoms with E-state index in [0.29, 0.717) is 8.58 Å². The molecule has 2 rings (SSSR count). The van der Waals surface area contributed by atoms with E-state index in [1.165, 1.54) is 15.7 Å². The van der Waals surface area contributed by atoms with Crippen molar-refractivity contribution >= 4 is 52.0 Å². The highest BCUT2D eigenvalue weighted by Gasteiger charge is 2.28. The highest BCUT2D eigenvalue weighted by molar-refractivity contribution is 7.56. The molecule has 0 fully saturated rings. The van der Waals surface area contributed by atoms with Crippen LogP contribution >= 0.6 is 8.58 Å². The highest BCUT2D eigenvalue weighted by atomic mass is 31.1. The predicted octanol–water partition coefficient (Wildman–Crippen LogP) is 3.20.